The largest absolute Gasteiger partial charge is 0.497 e. The van der Waals surface area contributed by atoms with Gasteiger partial charge in [0.25, 0.3) is 0 Å². The van der Waals surface area contributed by atoms with E-state index in [1.807, 2.05) is 23.5 Å². The zero-order chi connectivity index (χ0) is 14.7. The lowest BCUT2D eigenvalue weighted by atomic mass is 9.97. The third-order valence-corrected chi connectivity index (χ3v) is 4.97. The molecule has 21 heavy (non-hydrogen) atoms. The molecule has 0 bridgehead atoms. The summed E-state index contributed by atoms with van der Waals surface area (Å²) in [4.78, 5) is 3.96. The van der Waals surface area contributed by atoms with E-state index in [1.165, 1.54) is 16.9 Å². The van der Waals surface area contributed by atoms with E-state index in [2.05, 4.69) is 28.5 Å². The van der Waals surface area contributed by atoms with Crippen LogP contribution in [0.2, 0.25) is 0 Å². The van der Waals surface area contributed by atoms with E-state index < -0.39 is 0 Å². The Hall–Kier alpha value is -1.52. The maximum atomic E-state index is 5.53. The minimum Gasteiger partial charge on any atom is -0.497 e. The highest BCUT2D eigenvalue weighted by molar-refractivity contribution is 7.09. The van der Waals surface area contributed by atoms with E-state index in [0.29, 0.717) is 5.92 Å². The summed E-state index contributed by atoms with van der Waals surface area (Å²) in [6.07, 6.45) is 1.18. The second kappa shape index (κ2) is 6.50. The predicted molar refractivity (Wildman–Crippen MR) is 86.5 cm³/mol. The van der Waals surface area contributed by atoms with Gasteiger partial charge in [0.15, 0.2) is 0 Å². The van der Waals surface area contributed by atoms with Crippen LogP contribution < -0.4 is 9.47 Å². The van der Waals surface area contributed by atoms with Gasteiger partial charge < -0.3 is 9.47 Å². The molecular formula is C17H21NO2S. The Bertz CT molecular complexity index is 582. The first-order valence-corrected chi connectivity index (χ1v) is 8.15. The first-order valence-electron chi connectivity index (χ1n) is 7.27. The molecule has 1 aliphatic heterocycles. The number of likely N-dealkylation sites (tertiary alicyclic amines) is 1. The lowest BCUT2D eigenvalue weighted by Gasteiger charge is -2.17. The molecule has 112 valence electrons. The Labute approximate surface area is 130 Å². The zero-order valence-electron chi connectivity index (χ0n) is 12.5. The molecule has 0 spiro atoms. The molecular weight excluding hydrogens is 282 g/mol. The van der Waals surface area contributed by atoms with Gasteiger partial charge in [-0.3, -0.25) is 4.90 Å². The van der Waals surface area contributed by atoms with Gasteiger partial charge >= 0.3 is 0 Å². The molecule has 1 fully saturated rings. The minimum atomic E-state index is 0.523. The van der Waals surface area contributed by atoms with Crippen LogP contribution in [0, 0.1) is 0 Å². The van der Waals surface area contributed by atoms with Crippen molar-refractivity contribution in [3.63, 3.8) is 0 Å². The van der Waals surface area contributed by atoms with Crippen molar-refractivity contribution in [2.75, 3.05) is 27.3 Å². The number of methoxy groups -OCH3 is 2. The molecule has 1 aromatic carbocycles. The van der Waals surface area contributed by atoms with Gasteiger partial charge in [0.05, 0.1) is 14.2 Å². The van der Waals surface area contributed by atoms with Gasteiger partial charge in [0.2, 0.25) is 0 Å². The molecule has 3 nitrogen and oxygen atoms in total. The molecule has 2 heterocycles. The van der Waals surface area contributed by atoms with Crippen molar-refractivity contribution >= 4 is 11.3 Å². The number of hydrogen-bond donors (Lipinski definition) is 0. The summed E-state index contributed by atoms with van der Waals surface area (Å²) in [7, 11) is 3.45. The van der Waals surface area contributed by atoms with Crippen LogP contribution in [0.1, 0.15) is 22.8 Å². The van der Waals surface area contributed by atoms with E-state index in [-0.39, 0.29) is 0 Å². The van der Waals surface area contributed by atoms with Crippen molar-refractivity contribution in [1.82, 2.24) is 4.90 Å². The van der Waals surface area contributed by atoms with Gasteiger partial charge in [-0.1, -0.05) is 6.07 Å². The highest BCUT2D eigenvalue weighted by Gasteiger charge is 2.26. The van der Waals surface area contributed by atoms with Crippen molar-refractivity contribution in [1.29, 1.82) is 0 Å². The first kappa shape index (κ1) is 14.4. The number of hydrogen-bond acceptors (Lipinski definition) is 4. The van der Waals surface area contributed by atoms with Crippen molar-refractivity contribution in [2.45, 2.75) is 18.9 Å². The second-order valence-corrected chi connectivity index (χ2v) is 6.44. The van der Waals surface area contributed by atoms with Crippen molar-refractivity contribution in [3.05, 3.63) is 46.2 Å². The van der Waals surface area contributed by atoms with Gasteiger partial charge in [0, 0.05) is 29.4 Å². The van der Waals surface area contributed by atoms with E-state index in [9.17, 15) is 0 Å². The molecule has 0 unspecified atom stereocenters. The molecule has 1 atom stereocenters. The molecule has 0 aliphatic carbocycles. The van der Waals surface area contributed by atoms with Crippen LogP contribution in [0.25, 0.3) is 0 Å². The zero-order valence-corrected chi connectivity index (χ0v) is 13.4. The Kier molecular flexibility index (Phi) is 4.46. The molecule has 1 aromatic heterocycles. The number of thiophene rings is 1. The summed E-state index contributed by atoms with van der Waals surface area (Å²) >= 11 is 1.83. The number of nitrogens with zero attached hydrogens (tertiary/aromatic N) is 1. The molecule has 1 aliphatic rings. The Morgan fingerprint density at radius 1 is 1.24 bits per heavy atom. The highest BCUT2D eigenvalue weighted by Crippen LogP contribution is 2.36. The van der Waals surface area contributed by atoms with Gasteiger partial charge in [-0.2, -0.15) is 0 Å². The smallest absolute Gasteiger partial charge is 0.122 e. The van der Waals surface area contributed by atoms with Crippen LogP contribution in [-0.2, 0) is 6.54 Å². The quantitative estimate of drug-likeness (QED) is 0.839. The fourth-order valence-electron chi connectivity index (χ4n) is 3.01. The van der Waals surface area contributed by atoms with Crippen LogP contribution in [0.5, 0.6) is 11.5 Å². The van der Waals surface area contributed by atoms with Crippen LogP contribution in [-0.4, -0.2) is 32.2 Å². The van der Waals surface area contributed by atoms with Gasteiger partial charge in [0.1, 0.15) is 11.5 Å². The predicted octanol–water partition coefficient (Wildman–Crippen LogP) is 3.75. The summed E-state index contributed by atoms with van der Waals surface area (Å²) < 4.78 is 10.9. The third-order valence-electron chi connectivity index (χ3n) is 4.11. The Morgan fingerprint density at radius 2 is 2.14 bits per heavy atom. The number of benzene rings is 1. The molecule has 4 heteroatoms. The Morgan fingerprint density at radius 3 is 2.86 bits per heavy atom. The van der Waals surface area contributed by atoms with Crippen LogP contribution in [0.15, 0.2) is 35.7 Å². The maximum Gasteiger partial charge on any atom is 0.122 e. The van der Waals surface area contributed by atoms with Crippen molar-refractivity contribution < 1.29 is 9.47 Å². The fourth-order valence-corrected chi connectivity index (χ4v) is 3.76. The van der Waals surface area contributed by atoms with Crippen molar-refractivity contribution in [2.24, 2.45) is 0 Å². The number of ether oxygens (including phenoxy) is 2. The van der Waals surface area contributed by atoms with Gasteiger partial charge in [-0.25, -0.2) is 0 Å². The average molecular weight is 303 g/mol. The summed E-state index contributed by atoms with van der Waals surface area (Å²) in [5.74, 6) is 2.40. The molecule has 3 rings (SSSR count). The van der Waals surface area contributed by atoms with Gasteiger partial charge in [-0.05, 0) is 42.6 Å². The van der Waals surface area contributed by atoms with Gasteiger partial charge in [-0.15, -0.1) is 11.3 Å². The number of rotatable bonds is 5. The topological polar surface area (TPSA) is 21.7 Å². The second-order valence-electron chi connectivity index (χ2n) is 5.41. The van der Waals surface area contributed by atoms with E-state index in [4.69, 9.17) is 9.47 Å². The molecule has 0 radical (unpaired) electrons. The minimum absolute atomic E-state index is 0.523. The summed E-state index contributed by atoms with van der Waals surface area (Å²) in [5.41, 5.74) is 1.27. The normalized spacial score (nSPS) is 18.9. The standard InChI is InChI=1S/C17H21NO2S/c1-19-14-5-6-17(20-2)16(10-14)13-7-8-18(11-13)12-15-4-3-9-21-15/h3-6,9-10,13H,7-8,11-12H2,1-2H3/t13-/m1/s1. The van der Waals surface area contributed by atoms with E-state index >= 15 is 0 Å². The lowest BCUT2D eigenvalue weighted by molar-refractivity contribution is 0.328. The van der Waals surface area contributed by atoms with E-state index in [1.54, 1.807) is 14.2 Å². The van der Waals surface area contributed by atoms with Crippen LogP contribution in [0.3, 0.4) is 0 Å². The Balaban J connectivity index is 1.73. The van der Waals surface area contributed by atoms with E-state index in [0.717, 1.165) is 31.1 Å². The maximum absolute atomic E-state index is 5.53. The molecule has 0 amide bonds. The molecule has 0 saturated carbocycles. The van der Waals surface area contributed by atoms with Crippen LogP contribution >= 0.6 is 11.3 Å². The van der Waals surface area contributed by atoms with Crippen molar-refractivity contribution in [3.8, 4) is 11.5 Å². The summed E-state index contributed by atoms with van der Waals surface area (Å²) in [5, 5.41) is 2.15. The average Bonchev–Trinajstić information content (AvgIpc) is 3.19. The fraction of sp³-hybridized carbons (Fsp3) is 0.412. The summed E-state index contributed by atoms with van der Waals surface area (Å²) in [6.45, 7) is 3.28. The molecule has 1 saturated heterocycles. The monoisotopic (exact) mass is 303 g/mol. The van der Waals surface area contributed by atoms with Crippen LogP contribution in [0.4, 0.5) is 0 Å². The lowest BCUT2D eigenvalue weighted by Crippen LogP contribution is -2.19. The molecule has 0 N–H and O–H groups in total. The SMILES string of the molecule is COc1ccc(OC)c([C@@H]2CCN(Cc3cccs3)C2)c1. The molecule has 2 aromatic rings. The first-order chi connectivity index (χ1) is 10.3. The summed E-state index contributed by atoms with van der Waals surface area (Å²) in [6, 6.07) is 10.4. The highest BCUT2D eigenvalue weighted by atomic mass is 32.1. The third kappa shape index (κ3) is 3.22.